The molecule has 0 spiro atoms. The molecule has 82 valence electrons. The van der Waals surface area contributed by atoms with Crippen molar-refractivity contribution in [3.63, 3.8) is 0 Å². The minimum atomic E-state index is -2.85. The minimum absolute atomic E-state index is 0.00209. The first-order valence-corrected chi connectivity index (χ1v) is 4.95. The van der Waals surface area contributed by atoms with Crippen molar-refractivity contribution in [3.05, 3.63) is 26.6 Å². The zero-order valence-corrected chi connectivity index (χ0v) is 9.53. The Morgan fingerprint density at radius 3 is 2.67 bits per heavy atom. The lowest BCUT2D eigenvalue weighted by Crippen LogP contribution is -2.11. The number of pyridine rings is 1. The number of hydrogen-bond acceptors (Lipinski definition) is 3. The van der Waals surface area contributed by atoms with Gasteiger partial charge >= 0.3 is 5.97 Å². The number of alkyl halides is 2. The zero-order valence-electron chi connectivity index (χ0n) is 7.38. The van der Waals surface area contributed by atoms with E-state index in [1.165, 1.54) is 0 Å². The second-order valence-electron chi connectivity index (χ2n) is 2.66. The molecule has 1 heterocycles. The summed E-state index contributed by atoms with van der Waals surface area (Å²) in [6, 6.07) is 0. The van der Waals surface area contributed by atoms with Gasteiger partial charge in [0.05, 0.1) is 11.3 Å². The lowest BCUT2D eigenvalue weighted by Gasteiger charge is -2.10. The van der Waals surface area contributed by atoms with E-state index in [1.807, 2.05) is 0 Å². The Kier molecular flexibility index (Phi) is 3.91. The molecular weight excluding hydrogens is 321 g/mol. The van der Waals surface area contributed by atoms with Crippen molar-refractivity contribution in [3.8, 4) is 0 Å². The number of hydrogen-bond donors (Lipinski definition) is 2. The Labute approximate surface area is 97.6 Å². The number of halogens is 3. The normalized spacial score (nSPS) is 10.7. The molecule has 0 bridgehead atoms. The summed E-state index contributed by atoms with van der Waals surface area (Å²) in [5.74, 6) is -1.42. The average molecular weight is 328 g/mol. The monoisotopic (exact) mass is 328 g/mol. The zero-order chi connectivity index (χ0) is 11.6. The molecule has 3 N–H and O–H groups in total. The van der Waals surface area contributed by atoms with Gasteiger partial charge in [0.1, 0.15) is 0 Å². The van der Waals surface area contributed by atoms with Crippen molar-refractivity contribution in [2.75, 3.05) is 0 Å². The maximum Gasteiger partial charge on any atom is 0.337 e. The number of carbonyl (C=O) groups is 1. The van der Waals surface area contributed by atoms with Gasteiger partial charge in [-0.25, -0.2) is 13.6 Å². The highest BCUT2D eigenvalue weighted by Crippen LogP contribution is 2.29. The molecule has 0 fully saturated rings. The third kappa shape index (κ3) is 2.40. The van der Waals surface area contributed by atoms with E-state index in [4.69, 9.17) is 10.8 Å². The summed E-state index contributed by atoms with van der Waals surface area (Å²) in [6.45, 7) is -0.00209. The molecule has 4 nitrogen and oxygen atoms in total. The summed E-state index contributed by atoms with van der Waals surface area (Å²) in [5.41, 5.74) is 4.56. The molecule has 0 aromatic carbocycles. The quantitative estimate of drug-likeness (QED) is 0.830. The molecule has 1 aromatic rings. The molecule has 0 atom stereocenters. The second kappa shape index (κ2) is 4.79. The first-order chi connectivity index (χ1) is 6.99. The molecule has 0 saturated carbocycles. The summed E-state index contributed by atoms with van der Waals surface area (Å²) in [7, 11) is 0. The first-order valence-electron chi connectivity index (χ1n) is 3.87. The lowest BCUT2D eigenvalue weighted by atomic mass is 10.1. The maximum atomic E-state index is 12.6. The van der Waals surface area contributed by atoms with Crippen molar-refractivity contribution in [1.29, 1.82) is 0 Å². The van der Waals surface area contributed by atoms with Crippen LogP contribution in [0, 0.1) is 3.57 Å². The number of nitrogens with zero attached hydrogens (tertiary/aromatic N) is 1. The van der Waals surface area contributed by atoms with Crippen LogP contribution in [-0.4, -0.2) is 16.1 Å². The van der Waals surface area contributed by atoms with Crippen LogP contribution in [0.25, 0.3) is 0 Å². The van der Waals surface area contributed by atoms with Gasteiger partial charge in [-0.1, -0.05) is 0 Å². The van der Waals surface area contributed by atoms with E-state index in [0.717, 1.165) is 6.20 Å². The van der Waals surface area contributed by atoms with E-state index in [2.05, 4.69) is 4.98 Å². The summed E-state index contributed by atoms with van der Waals surface area (Å²) in [4.78, 5) is 14.4. The molecule has 0 amide bonds. The van der Waals surface area contributed by atoms with E-state index in [9.17, 15) is 13.6 Å². The standard InChI is InChI=1S/C8H7F2IN2O2/c9-7(10)5-3(8(14)15)2-13-4(1-12)6(5)11/h2,7H,1,12H2,(H,14,15). The Hall–Kier alpha value is -0.830. The van der Waals surface area contributed by atoms with E-state index in [-0.39, 0.29) is 15.8 Å². The SMILES string of the molecule is NCc1ncc(C(=O)O)c(C(F)F)c1I. The Bertz CT molecular complexity index is 398. The van der Waals surface area contributed by atoms with Crippen LogP contribution in [-0.2, 0) is 6.54 Å². The highest BCUT2D eigenvalue weighted by atomic mass is 127. The number of aromatic carboxylic acids is 1. The predicted molar refractivity (Wildman–Crippen MR) is 56.8 cm³/mol. The largest absolute Gasteiger partial charge is 0.478 e. The molecule has 0 unspecified atom stereocenters. The van der Waals surface area contributed by atoms with Crippen LogP contribution in [0.2, 0.25) is 0 Å². The van der Waals surface area contributed by atoms with Gasteiger partial charge in [0, 0.05) is 21.9 Å². The number of carboxylic acid groups (broad SMARTS) is 1. The topological polar surface area (TPSA) is 76.2 Å². The fourth-order valence-electron chi connectivity index (χ4n) is 1.07. The van der Waals surface area contributed by atoms with Gasteiger partial charge < -0.3 is 10.8 Å². The van der Waals surface area contributed by atoms with E-state index in [1.54, 1.807) is 22.6 Å². The third-order valence-corrected chi connectivity index (χ3v) is 2.98. The van der Waals surface area contributed by atoms with Crippen LogP contribution < -0.4 is 5.73 Å². The van der Waals surface area contributed by atoms with Gasteiger partial charge in [0.2, 0.25) is 0 Å². The maximum absolute atomic E-state index is 12.6. The van der Waals surface area contributed by atoms with Gasteiger partial charge in [0.15, 0.2) is 0 Å². The van der Waals surface area contributed by atoms with Gasteiger partial charge in [-0.2, -0.15) is 0 Å². The molecule has 0 radical (unpaired) electrons. The molecule has 0 aliphatic heterocycles. The summed E-state index contributed by atoms with van der Waals surface area (Å²) < 4.78 is 25.4. The molecular formula is C8H7F2IN2O2. The van der Waals surface area contributed by atoms with E-state index >= 15 is 0 Å². The van der Waals surface area contributed by atoms with Crippen LogP contribution in [0.5, 0.6) is 0 Å². The molecule has 0 saturated heterocycles. The average Bonchev–Trinajstić information content (AvgIpc) is 2.16. The van der Waals surface area contributed by atoms with E-state index < -0.39 is 23.5 Å². The number of aromatic nitrogens is 1. The fourth-order valence-corrected chi connectivity index (χ4v) is 1.95. The van der Waals surface area contributed by atoms with Gasteiger partial charge in [0.25, 0.3) is 6.43 Å². The molecule has 15 heavy (non-hydrogen) atoms. The first kappa shape index (κ1) is 12.2. The number of rotatable bonds is 3. The molecule has 1 rings (SSSR count). The van der Waals surface area contributed by atoms with Crippen LogP contribution in [0.4, 0.5) is 8.78 Å². The molecule has 0 aliphatic rings. The van der Waals surface area contributed by atoms with Crippen molar-refractivity contribution in [2.45, 2.75) is 13.0 Å². The van der Waals surface area contributed by atoms with Gasteiger partial charge in [-0.05, 0) is 22.6 Å². The Morgan fingerprint density at radius 1 is 1.67 bits per heavy atom. The molecule has 1 aromatic heterocycles. The van der Waals surface area contributed by atoms with Crippen LogP contribution in [0.15, 0.2) is 6.20 Å². The van der Waals surface area contributed by atoms with Crippen LogP contribution in [0.1, 0.15) is 28.0 Å². The van der Waals surface area contributed by atoms with Crippen LogP contribution >= 0.6 is 22.6 Å². The fraction of sp³-hybridized carbons (Fsp3) is 0.250. The predicted octanol–water partition coefficient (Wildman–Crippen LogP) is 1.78. The lowest BCUT2D eigenvalue weighted by molar-refractivity contribution is 0.0683. The summed E-state index contributed by atoms with van der Waals surface area (Å²) in [6.07, 6.45) is -1.94. The van der Waals surface area contributed by atoms with Crippen LogP contribution in [0.3, 0.4) is 0 Å². The Morgan fingerprint density at radius 2 is 2.27 bits per heavy atom. The van der Waals surface area contributed by atoms with Crippen molar-refractivity contribution in [1.82, 2.24) is 4.98 Å². The molecule has 7 heteroatoms. The van der Waals surface area contributed by atoms with Gasteiger partial charge in [-0.15, -0.1) is 0 Å². The smallest absolute Gasteiger partial charge is 0.337 e. The number of nitrogens with two attached hydrogens (primary N) is 1. The highest BCUT2D eigenvalue weighted by Gasteiger charge is 2.23. The number of carboxylic acids is 1. The third-order valence-electron chi connectivity index (χ3n) is 1.77. The summed E-state index contributed by atoms with van der Waals surface area (Å²) >= 11 is 1.63. The Balaban J connectivity index is 3.44. The van der Waals surface area contributed by atoms with Gasteiger partial charge in [-0.3, -0.25) is 4.98 Å². The molecule has 0 aliphatic carbocycles. The minimum Gasteiger partial charge on any atom is -0.478 e. The van der Waals surface area contributed by atoms with Crippen molar-refractivity contribution in [2.24, 2.45) is 5.73 Å². The second-order valence-corrected chi connectivity index (χ2v) is 3.73. The van der Waals surface area contributed by atoms with Crippen molar-refractivity contribution >= 4 is 28.6 Å². The summed E-state index contributed by atoms with van der Waals surface area (Å²) in [5, 5.41) is 8.69. The highest BCUT2D eigenvalue weighted by molar-refractivity contribution is 14.1. The van der Waals surface area contributed by atoms with E-state index in [0.29, 0.717) is 0 Å². The van der Waals surface area contributed by atoms with Crippen molar-refractivity contribution < 1.29 is 18.7 Å².